The van der Waals surface area contributed by atoms with Crippen LogP contribution in [0, 0.1) is 0 Å². The van der Waals surface area contributed by atoms with Crippen LogP contribution in [0.2, 0.25) is 0 Å². The third kappa shape index (κ3) is 3.23. The first kappa shape index (κ1) is 16.1. The van der Waals surface area contributed by atoms with Crippen molar-refractivity contribution in [2.75, 3.05) is 6.79 Å². The highest BCUT2D eigenvalue weighted by molar-refractivity contribution is 5.92. The number of ether oxygens (including phenoxy) is 2. The molecule has 7 heteroatoms. The third-order valence-electron chi connectivity index (χ3n) is 4.26. The quantitative estimate of drug-likeness (QED) is 0.707. The number of benzene rings is 1. The summed E-state index contributed by atoms with van der Waals surface area (Å²) in [5, 5.41) is 4.10. The Morgan fingerprint density at radius 1 is 1.04 bits per heavy atom. The molecule has 26 heavy (non-hydrogen) atoms. The highest BCUT2D eigenvalue weighted by atomic mass is 16.7. The Morgan fingerprint density at radius 3 is 2.58 bits per heavy atom. The minimum atomic E-state index is -0.0838. The zero-order chi connectivity index (χ0) is 17.9. The van der Waals surface area contributed by atoms with Crippen molar-refractivity contribution in [1.29, 1.82) is 0 Å². The minimum Gasteiger partial charge on any atom is -0.454 e. The number of fused-ring (bicyclic) bond motifs is 1. The van der Waals surface area contributed by atoms with Gasteiger partial charge < -0.3 is 14.4 Å². The molecule has 0 aliphatic carbocycles. The largest absolute Gasteiger partial charge is 0.454 e. The average molecular weight is 350 g/mol. The smallest absolute Gasteiger partial charge is 0.272 e. The molecule has 7 nitrogen and oxygen atoms in total. The molecule has 3 heterocycles. The number of aromatic nitrogens is 3. The van der Waals surface area contributed by atoms with E-state index in [1.807, 2.05) is 30.3 Å². The number of hydrogen-bond acceptors (Lipinski definition) is 5. The number of rotatable bonds is 5. The summed E-state index contributed by atoms with van der Waals surface area (Å²) in [6, 6.07) is 11.3. The van der Waals surface area contributed by atoms with Gasteiger partial charge in [-0.05, 0) is 41.5 Å². The van der Waals surface area contributed by atoms with Crippen molar-refractivity contribution < 1.29 is 14.3 Å². The van der Waals surface area contributed by atoms with Crippen LogP contribution in [0.5, 0.6) is 11.5 Å². The zero-order valence-corrected chi connectivity index (χ0v) is 14.3. The van der Waals surface area contributed by atoms with Crippen molar-refractivity contribution >= 4 is 5.91 Å². The maximum atomic E-state index is 13.1. The number of carbonyl (C=O) groups is 1. The molecule has 2 aromatic heterocycles. The summed E-state index contributed by atoms with van der Waals surface area (Å²) in [6.45, 7) is 1.15. The van der Waals surface area contributed by atoms with Crippen molar-refractivity contribution in [2.45, 2.75) is 13.1 Å². The van der Waals surface area contributed by atoms with E-state index in [0.717, 1.165) is 16.9 Å². The van der Waals surface area contributed by atoms with Gasteiger partial charge in [0.15, 0.2) is 11.5 Å². The van der Waals surface area contributed by atoms with Crippen LogP contribution in [0.15, 0.2) is 55.0 Å². The van der Waals surface area contributed by atoms with E-state index in [0.29, 0.717) is 24.5 Å². The predicted molar refractivity (Wildman–Crippen MR) is 93.6 cm³/mol. The molecule has 0 unspecified atom stereocenters. The summed E-state index contributed by atoms with van der Waals surface area (Å²) in [4.78, 5) is 18.9. The SMILES string of the molecule is Cn1nccc1C(=O)N(Cc1ccncc1)Cc1ccc2c(c1)OCO2. The Kier molecular flexibility index (Phi) is 4.27. The maximum absolute atomic E-state index is 13.1. The van der Waals surface area contributed by atoms with Crippen LogP contribution in [0.3, 0.4) is 0 Å². The van der Waals surface area contributed by atoms with Crippen LogP contribution in [-0.4, -0.2) is 32.4 Å². The molecule has 0 saturated carbocycles. The lowest BCUT2D eigenvalue weighted by Crippen LogP contribution is -2.31. The molecule has 0 radical (unpaired) electrons. The van der Waals surface area contributed by atoms with Gasteiger partial charge in [0.2, 0.25) is 6.79 Å². The number of pyridine rings is 1. The van der Waals surface area contributed by atoms with E-state index in [9.17, 15) is 4.79 Å². The maximum Gasteiger partial charge on any atom is 0.272 e. The summed E-state index contributed by atoms with van der Waals surface area (Å²) in [5.74, 6) is 1.35. The number of hydrogen-bond donors (Lipinski definition) is 0. The fourth-order valence-electron chi connectivity index (χ4n) is 2.91. The molecular weight excluding hydrogens is 332 g/mol. The molecule has 1 amide bonds. The molecule has 0 spiro atoms. The van der Waals surface area contributed by atoms with Gasteiger partial charge >= 0.3 is 0 Å². The van der Waals surface area contributed by atoms with Gasteiger partial charge in [-0.1, -0.05) is 6.07 Å². The minimum absolute atomic E-state index is 0.0838. The van der Waals surface area contributed by atoms with Crippen LogP contribution in [-0.2, 0) is 20.1 Å². The van der Waals surface area contributed by atoms with E-state index in [-0.39, 0.29) is 12.7 Å². The topological polar surface area (TPSA) is 69.5 Å². The Morgan fingerprint density at radius 2 is 1.81 bits per heavy atom. The van der Waals surface area contributed by atoms with Crippen LogP contribution >= 0.6 is 0 Å². The normalized spacial score (nSPS) is 12.2. The summed E-state index contributed by atoms with van der Waals surface area (Å²) in [6.07, 6.45) is 5.07. The lowest BCUT2D eigenvalue weighted by Gasteiger charge is -2.23. The molecule has 0 bridgehead atoms. The lowest BCUT2D eigenvalue weighted by molar-refractivity contribution is 0.0718. The second kappa shape index (κ2) is 6.87. The second-order valence-electron chi connectivity index (χ2n) is 6.04. The highest BCUT2D eigenvalue weighted by Crippen LogP contribution is 2.33. The second-order valence-corrected chi connectivity index (χ2v) is 6.04. The molecule has 0 atom stereocenters. The Bertz CT molecular complexity index is 924. The van der Waals surface area contributed by atoms with E-state index >= 15 is 0 Å². The molecule has 0 fully saturated rings. The highest BCUT2D eigenvalue weighted by Gasteiger charge is 2.21. The molecule has 0 N–H and O–H groups in total. The van der Waals surface area contributed by atoms with Crippen LogP contribution in [0.1, 0.15) is 21.6 Å². The van der Waals surface area contributed by atoms with Gasteiger partial charge in [-0.25, -0.2) is 0 Å². The number of nitrogens with zero attached hydrogens (tertiary/aromatic N) is 4. The number of aryl methyl sites for hydroxylation is 1. The molecule has 3 aromatic rings. The van der Waals surface area contributed by atoms with Gasteiger partial charge in [0.25, 0.3) is 5.91 Å². The summed E-state index contributed by atoms with van der Waals surface area (Å²) < 4.78 is 12.4. The number of carbonyl (C=O) groups excluding carboxylic acids is 1. The molecule has 132 valence electrons. The molecular formula is C19H18N4O3. The van der Waals surface area contributed by atoms with E-state index in [4.69, 9.17) is 9.47 Å². The summed E-state index contributed by atoms with van der Waals surface area (Å²) >= 11 is 0. The van der Waals surface area contributed by atoms with Gasteiger partial charge in [-0.2, -0.15) is 5.10 Å². The first-order chi connectivity index (χ1) is 12.7. The zero-order valence-electron chi connectivity index (χ0n) is 14.3. The van der Waals surface area contributed by atoms with Crippen molar-refractivity contribution in [3.63, 3.8) is 0 Å². The van der Waals surface area contributed by atoms with Gasteiger partial charge in [0, 0.05) is 38.7 Å². The monoisotopic (exact) mass is 350 g/mol. The van der Waals surface area contributed by atoms with Crippen LogP contribution in [0.25, 0.3) is 0 Å². The first-order valence-corrected chi connectivity index (χ1v) is 8.25. The van der Waals surface area contributed by atoms with E-state index in [1.165, 1.54) is 0 Å². The fraction of sp³-hybridized carbons (Fsp3) is 0.211. The average Bonchev–Trinajstić information content (AvgIpc) is 3.29. The van der Waals surface area contributed by atoms with Crippen molar-refractivity contribution in [3.05, 3.63) is 71.8 Å². The molecule has 1 aliphatic heterocycles. The Hall–Kier alpha value is -3.35. The van der Waals surface area contributed by atoms with Gasteiger partial charge in [0.05, 0.1) is 0 Å². The molecule has 1 aliphatic rings. The van der Waals surface area contributed by atoms with Gasteiger partial charge in [-0.3, -0.25) is 14.5 Å². The first-order valence-electron chi connectivity index (χ1n) is 8.25. The van der Waals surface area contributed by atoms with E-state index in [2.05, 4.69) is 10.1 Å². The van der Waals surface area contributed by atoms with Crippen LogP contribution < -0.4 is 9.47 Å². The lowest BCUT2D eigenvalue weighted by atomic mass is 10.1. The summed E-state index contributed by atoms with van der Waals surface area (Å²) in [7, 11) is 1.76. The molecule has 0 saturated heterocycles. The summed E-state index contributed by atoms with van der Waals surface area (Å²) in [5.41, 5.74) is 2.52. The van der Waals surface area contributed by atoms with Gasteiger partial charge in [0.1, 0.15) is 5.69 Å². The standard InChI is InChI=1S/C19H18N4O3/c1-22-16(6-9-21-22)19(24)23(11-14-4-7-20-8-5-14)12-15-2-3-17-18(10-15)26-13-25-17/h2-10H,11-13H2,1H3. The fourth-order valence-corrected chi connectivity index (χ4v) is 2.91. The van der Waals surface area contributed by atoms with E-state index < -0.39 is 0 Å². The van der Waals surface area contributed by atoms with Crippen molar-refractivity contribution in [1.82, 2.24) is 19.7 Å². The Labute approximate surface area is 150 Å². The predicted octanol–water partition coefficient (Wildman–Crippen LogP) is 2.39. The number of amides is 1. The third-order valence-corrected chi connectivity index (χ3v) is 4.26. The van der Waals surface area contributed by atoms with Crippen molar-refractivity contribution in [3.8, 4) is 11.5 Å². The van der Waals surface area contributed by atoms with Crippen molar-refractivity contribution in [2.24, 2.45) is 7.05 Å². The van der Waals surface area contributed by atoms with Gasteiger partial charge in [-0.15, -0.1) is 0 Å². The van der Waals surface area contributed by atoms with E-state index in [1.54, 1.807) is 41.3 Å². The van der Waals surface area contributed by atoms with Crippen LogP contribution in [0.4, 0.5) is 0 Å². The Balaban J connectivity index is 1.61. The molecule has 1 aromatic carbocycles. The molecule has 4 rings (SSSR count).